The first-order valence-corrected chi connectivity index (χ1v) is 7.72. The second-order valence-electron chi connectivity index (χ2n) is 4.97. The second kappa shape index (κ2) is 5.77. The Balaban J connectivity index is 2.05. The van der Waals surface area contributed by atoms with Gasteiger partial charge in [-0.2, -0.15) is 0 Å². The molecule has 6 nitrogen and oxygen atoms in total. The maximum Gasteiger partial charge on any atom is 0.158 e. The second-order valence-corrected chi connectivity index (χ2v) is 5.95. The van der Waals surface area contributed by atoms with Crippen LogP contribution in [0.15, 0.2) is 30.3 Å². The molecule has 0 aliphatic heterocycles. The fourth-order valence-electron chi connectivity index (χ4n) is 2.22. The van der Waals surface area contributed by atoms with Crippen LogP contribution in [0.2, 0.25) is 0 Å². The van der Waals surface area contributed by atoms with E-state index in [9.17, 15) is 20.4 Å². The van der Waals surface area contributed by atoms with E-state index in [4.69, 9.17) is 0 Å². The Kier molecular flexibility index (Phi) is 3.79. The first kappa shape index (κ1) is 15.1. The summed E-state index contributed by atoms with van der Waals surface area (Å²) in [5.41, 5.74) is 2.18. The number of hydrogen-bond donors (Lipinski definition) is 4. The summed E-state index contributed by atoms with van der Waals surface area (Å²) in [5, 5.41) is 47.7. The lowest BCUT2D eigenvalue weighted by molar-refractivity contribution is 0.403. The molecule has 0 saturated heterocycles. The van der Waals surface area contributed by atoms with Crippen LogP contribution in [0.5, 0.6) is 23.0 Å². The average Bonchev–Trinajstić information content (AvgIpc) is 3.02. The molecule has 0 aliphatic carbocycles. The first-order chi connectivity index (χ1) is 11.0. The minimum atomic E-state index is -0.226. The molecule has 0 aliphatic rings. The van der Waals surface area contributed by atoms with Crippen LogP contribution in [0.1, 0.15) is 12.5 Å². The van der Waals surface area contributed by atoms with Gasteiger partial charge in [-0.3, -0.25) is 0 Å². The van der Waals surface area contributed by atoms with Crippen LogP contribution in [0.25, 0.3) is 21.1 Å². The molecule has 0 spiro atoms. The summed E-state index contributed by atoms with van der Waals surface area (Å²) in [4.78, 5) is 0. The Morgan fingerprint density at radius 3 is 2.17 bits per heavy atom. The molecule has 0 saturated carbocycles. The predicted molar refractivity (Wildman–Crippen MR) is 86.8 cm³/mol. The monoisotopic (exact) mass is 330 g/mol. The number of aromatic hydroxyl groups is 4. The number of benzene rings is 2. The molecule has 3 aromatic rings. The van der Waals surface area contributed by atoms with Crippen LogP contribution in [0, 0.1) is 0 Å². The predicted octanol–water partition coefficient (Wildman–Crippen LogP) is 3.26. The lowest BCUT2D eigenvalue weighted by Crippen LogP contribution is -1.87. The van der Waals surface area contributed by atoms with Crippen molar-refractivity contribution < 1.29 is 20.4 Å². The first-order valence-electron chi connectivity index (χ1n) is 6.90. The van der Waals surface area contributed by atoms with Crippen molar-refractivity contribution in [2.24, 2.45) is 0 Å². The zero-order valence-corrected chi connectivity index (χ0v) is 13.0. The zero-order chi connectivity index (χ0) is 16.6. The van der Waals surface area contributed by atoms with Gasteiger partial charge < -0.3 is 20.4 Å². The highest BCUT2D eigenvalue weighted by Gasteiger charge is 2.15. The number of phenolic OH excluding ortho intramolecular Hbond substituents is 4. The highest BCUT2D eigenvalue weighted by Crippen LogP contribution is 2.38. The van der Waals surface area contributed by atoms with Gasteiger partial charge in [-0.15, -0.1) is 10.2 Å². The van der Waals surface area contributed by atoms with Gasteiger partial charge in [0.05, 0.1) is 0 Å². The molecule has 0 amide bonds. The Hall–Kier alpha value is -2.80. The van der Waals surface area contributed by atoms with Crippen molar-refractivity contribution in [1.29, 1.82) is 0 Å². The van der Waals surface area contributed by atoms with Crippen LogP contribution in [0.3, 0.4) is 0 Å². The maximum absolute atomic E-state index is 9.72. The van der Waals surface area contributed by atoms with Crippen molar-refractivity contribution in [3.63, 3.8) is 0 Å². The molecule has 23 heavy (non-hydrogen) atoms. The van der Waals surface area contributed by atoms with E-state index in [1.165, 1.54) is 35.6 Å². The lowest BCUT2D eigenvalue weighted by Gasteiger charge is -2.06. The molecule has 118 valence electrons. The third-order valence-electron chi connectivity index (χ3n) is 3.46. The third kappa shape index (κ3) is 2.78. The zero-order valence-electron chi connectivity index (χ0n) is 12.2. The molecule has 0 atom stereocenters. The van der Waals surface area contributed by atoms with Gasteiger partial charge in [-0.25, -0.2) is 0 Å². The summed E-state index contributed by atoms with van der Waals surface area (Å²) in [6, 6.07) is 7.41. The third-order valence-corrected chi connectivity index (χ3v) is 4.46. The highest BCUT2D eigenvalue weighted by molar-refractivity contribution is 7.17. The minimum Gasteiger partial charge on any atom is -0.504 e. The standard InChI is InChI=1S/C16H14N2O4S/c1-2-8-5-13(21)14(22)7-10(8)16-18-17-15(23-16)9-3-4-11(19)12(20)6-9/h3-7,19-22H,2H2,1H3. The number of rotatable bonds is 3. The molecule has 0 radical (unpaired) electrons. The number of aryl methyl sites for hydroxylation is 1. The van der Waals surface area contributed by atoms with Crippen LogP contribution in [-0.2, 0) is 6.42 Å². The van der Waals surface area contributed by atoms with E-state index in [1.807, 2.05) is 6.92 Å². The largest absolute Gasteiger partial charge is 0.504 e. The summed E-state index contributed by atoms with van der Waals surface area (Å²) in [6.07, 6.45) is 0.665. The van der Waals surface area contributed by atoms with E-state index < -0.39 is 0 Å². The summed E-state index contributed by atoms with van der Waals surface area (Å²) >= 11 is 1.29. The van der Waals surface area contributed by atoms with Gasteiger partial charge in [0, 0.05) is 11.1 Å². The molecule has 1 heterocycles. The van der Waals surface area contributed by atoms with Crippen LogP contribution in [-0.4, -0.2) is 30.6 Å². The van der Waals surface area contributed by atoms with Crippen molar-refractivity contribution in [1.82, 2.24) is 10.2 Å². The fraction of sp³-hybridized carbons (Fsp3) is 0.125. The molecule has 0 bridgehead atoms. The fourth-order valence-corrected chi connectivity index (χ4v) is 3.11. The topological polar surface area (TPSA) is 107 Å². The summed E-state index contributed by atoms with van der Waals surface area (Å²) in [7, 11) is 0. The molecule has 1 aromatic heterocycles. The van der Waals surface area contributed by atoms with Crippen molar-refractivity contribution in [3.05, 3.63) is 35.9 Å². The van der Waals surface area contributed by atoms with E-state index in [0.717, 1.165) is 5.56 Å². The maximum atomic E-state index is 9.72. The molecular weight excluding hydrogens is 316 g/mol. The van der Waals surface area contributed by atoms with Crippen LogP contribution >= 0.6 is 11.3 Å². The summed E-state index contributed by atoms with van der Waals surface area (Å²) in [5.74, 6) is -0.805. The number of aromatic nitrogens is 2. The van der Waals surface area contributed by atoms with Gasteiger partial charge in [0.1, 0.15) is 10.0 Å². The van der Waals surface area contributed by atoms with Gasteiger partial charge >= 0.3 is 0 Å². The molecule has 2 aromatic carbocycles. The highest BCUT2D eigenvalue weighted by atomic mass is 32.1. The van der Waals surface area contributed by atoms with E-state index in [-0.39, 0.29) is 23.0 Å². The Bertz CT molecular complexity index is 877. The molecular formula is C16H14N2O4S. The quantitative estimate of drug-likeness (QED) is 0.549. The van der Waals surface area contributed by atoms with Crippen molar-refractivity contribution >= 4 is 11.3 Å². The number of nitrogens with zero attached hydrogens (tertiary/aromatic N) is 2. The van der Waals surface area contributed by atoms with Crippen LogP contribution in [0.4, 0.5) is 0 Å². The van der Waals surface area contributed by atoms with Crippen molar-refractivity contribution in [2.45, 2.75) is 13.3 Å². The van der Waals surface area contributed by atoms with Gasteiger partial charge in [-0.05, 0) is 42.3 Å². The number of hydrogen-bond acceptors (Lipinski definition) is 7. The van der Waals surface area contributed by atoms with E-state index in [0.29, 0.717) is 27.6 Å². The number of phenols is 4. The smallest absolute Gasteiger partial charge is 0.158 e. The van der Waals surface area contributed by atoms with E-state index in [1.54, 1.807) is 6.07 Å². The molecule has 3 rings (SSSR count). The Labute approximate surface area is 136 Å². The molecule has 0 unspecified atom stereocenters. The van der Waals surface area contributed by atoms with Crippen molar-refractivity contribution in [2.75, 3.05) is 0 Å². The SMILES string of the molecule is CCc1cc(O)c(O)cc1-c1nnc(-c2ccc(O)c(O)c2)s1. The molecule has 4 N–H and O–H groups in total. The van der Waals surface area contributed by atoms with E-state index in [2.05, 4.69) is 10.2 Å². The minimum absolute atomic E-state index is 0.168. The molecule has 7 heteroatoms. The lowest BCUT2D eigenvalue weighted by atomic mass is 10.0. The van der Waals surface area contributed by atoms with Crippen molar-refractivity contribution in [3.8, 4) is 44.1 Å². The van der Waals surface area contributed by atoms with Gasteiger partial charge in [0.15, 0.2) is 23.0 Å². The normalized spacial score (nSPS) is 10.8. The van der Waals surface area contributed by atoms with Crippen LogP contribution < -0.4 is 0 Å². The Morgan fingerprint density at radius 1 is 0.826 bits per heavy atom. The van der Waals surface area contributed by atoms with Gasteiger partial charge in [0.2, 0.25) is 0 Å². The van der Waals surface area contributed by atoms with E-state index >= 15 is 0 Å². The van der Waals surface area contributed by atoms with Gasteiger partial charge in [0.25, 0.3) is 0 Å². The van der Waals surface area contributed by atoms with Gasteiger partial charge in [-0.1, -0.05) is 18.3 Å². The summed E-state index contributed by atoms with van der Waals surface area (Å²) in [6.45, 7) is 1.94. The Morgan fingerprint density at radius 2 is 1.48 bits per heavy atom. The summed E-state index contributed by atoms with van der Waals surface area (Å²) < 4.78 is 0. The average molecular weight is 330 g/mol. The molecule has 0 fully saturated rings.